The lowest BCUT2D eigenvalue weighted by Crippen LogP contribution is -2.39. The fraction of sp³-hybridized carbons (Fsp3) is 0.0667. The SMILES string of the molecule is O=C(c1c(F)c(F)c(F)c(F)c1F)C(F)(Br)C(=O)c1c(F)c(F)c(F)c(F)c1F. The van der Waals surface area contributed by atoms with Crippen LogP contribution in [0.3, 0.4) is 0 Å². The first-order valence-corrected chi connectivity index (χ1v) is 7.47. The molecule has 0 N–H and O–H groups in total. The van der Waals surface area contributed by atoms with Crippen molar-refractivity contribution in [3.05, 3.63) is 69.3 Å². The molecule has 0 fully saturated rings. The molecule has 2 aromatic rings. The van der Waals surface area contributed by atoms with Crippen LogP contribution in [0.25, 0.3) is 0 Å². The number of carbonyl (C=O) groups excluding carboxylic acids is 2. The third-order valence-corrected chi connectivity index (χ3v) is 4.16. The van der Waals surface area contributed by atoms with Crippen molar-refractivity contribution < 1.29 is 57.9 Å². The van der Waals surface area contributed by atoms with Crippen LogP contribution in [-0.2, 0) is 0 Å². The maximum Gasteiger partial charge on any atom is 0.289 e. The summed E-state index contributed by atoms with van der Waals surface area (Å²) in [5.41, 5.74) is -5.09. The molecule has 0 saturated heterocycles. The zero-order valence-corrected chi connectivity index (χ0v) is 14.4. The van der Waals surface area contributed by atoms with Crippen molar-refractivity contribution in [1.29, 1.82) is 0 Å². The summed E-state index contributed by atoms with van der Waals surface area (Å²) < 4.78 is 143. The zero-order chi connectivity index (χ0) is 22.6. The highest BCUT2D eigenvalue weighted by Gasteiger charge is 2.51. The average Bonchev–Trinajstić information content (AvgIpc) is 2.67. The number of benzene rings is 2. The molecule has 2 nitrogen and oxygen atoms in total. The smallest absolute Gasteiger partial charge is 0.289 e. The van der Waals surface area contributed by atoms with Gasteiger partial charge in [0.1, 0.15) is 11.1 Å². The predicted octanol–water partition coefficient (Wildman–Crippen LogP) is 5.20. The molecule has 0 unspecified atom stereocenters. The fourth-order valence-corrected chi connectivity index (χ4v) is 2.42. The van der Waals surface area contributed by atoms with Crippen LogP contribution in [-0.4, -0.2) is 16.1 Å². The number of alkyl halides is 2. The van der Waals surface area contributed by atoms with Gasteiger partial charge < -0.3 is 0 Å². The fourth-order valence-electron chi connectivity index (χ4n) is 2.03. The number of ketones is 2. The topological polar surface area (TPSA) is 34.1 Å². The largest absolute Gasteiger partial charge is 0.289 e. The van der Waals surface area contributed by atoms with E-state index >= 15 is 0 Å². The van der Waals surface area contributed by atoms with Gasteiger partial charge in [0.25, 0.3) is 4.58 Å². The molecule has 14 heteroatoms. The van der Waals surface area contributed by atoms with Gasteiger partial charge >= 0.3 is 0 Å². The molecular weight excluding hydrogens is 501 g/mol. The summed E-state index contributed by atoms with van der Waals surface area (Å²) in [6.45, 7) is 0. The first-order valence-electron chi connectivity index (χ1n) is 6.68. The van der Waals surface area contributed by atoms with Crippen molar-refractivity contribution in [2.45, 2.75) is 4.58 Å². The van der Waals surface area contributed by atoms with E-state index in [1.807, 2.05) is 0 Å². The van der Waals surface area contributed by atoms with Gasteiger partial charge in [-0.15, -0.1) is 0 Å². The number of rotatable bonds is 4. The second kappa shape index (κ2) is 7.39. The molecule has 0 bridgehead atoms. The van der Waals surface area contributed by atoms with E-state index in [4.69, 9.17) is 0 Å². The zero-order valence-electron chi connectivity index (χ0n) is 12.9. The number of halogens is 12. The summed E-state index contributed by atoms with van der Waals surface area (Å²) in [5, 5.41) is 0. The molecule has 2 aromatic carbocycles. The van der Waals surface area contributed by atoms with E-state index in [0.29, 0.717) is 0 Å². The predicted molar refractivity (Wildman–Crippen MR) is 73.9 cm³/mol. The summed E-state index contributed by atoms with van der Waals surface area (Å²) >= 11 is 1.55. The highest BCUT2D eigenvalue weighted by molar-refractivity contribution is 9.10. The molecule has 0 amide bonds. The third kappa shape index (κ3) is 3.28. The first-order chi connectivity index (χ1) is 13.2. The standard InChI is InChI=1S/C15BrF11O2/c16-15(27,13(28)1-3(17)7(21)11(25)8(22)4(1)18)14(29)2-5(19)9(23)12(26)10(24)6(2)20. The Morgan fingerprint density at radius 3 is 0.862 bits per heavy atom. The molecule has 0 aliphatic rings. The Bertz CT molecular complexity index is 939. The molecule has 0 radical (unpaired) electrons. The van der Waals surface area contributed by atoms with Crippen LogP contribution in [0.4, 0.5) is 48.3 Å². The first kappa shape index (κ1) is 22.8. The maximum atomic E-state index is 14.6. The minimum absolute atomic E-state index is 1.55. The molecule has 0 saturated carbocycles. The van der Waals surface area contributed by atoms with E-state index in [-0.39, 0.29) is 0 Å². The third-order valence-electron chi connectivity index (χ3n) is 3.44. The maximum absolute atomic E-state index is 14.6. The highest BCUT2D eigenvalue weighted by atomic mass is 79.9. The van der Waals surface area contributed by atoms with Crippen LogP contribution in [0.5, 0.6) is 0 Å². The monoisotopic (exact) mass is 500 g/mol. The Morgan fingerprint density at radius 2 is 0.655 bits per heavy atom. The average molecular weight is 501 g/mol. The lowest BCUT2D eigenvalue weighted by Gasteiger charge is -2.18. The van der Waals surface area contributed by atoms with Crippen molar-refractivity contribution in [3.8, 4) is 0 Å². The van der Waals surface area contributed by atoms with Gasteiger partial charge in [0.2, 0.25) is 23.2 Å². The highest BCUT2D eigenvalue weighted by Crippen LogP contribution is 2.36. The minimum Gasteiger partial charge on any atom is -0.289 e. The molecule has 0 spiro atoms. The molecule has 0 atom stereocenters. The van der Waals surface area contributed by atoms with E-state index < -0.39 is 85.4 Å². The summed E-state index contributed by atoms with van der Waals surface area (Å²) in [4.78, 5) is 23.8. The molecule has 156 valence electrons. The second-order valence-corrected chi connectivity index (χ2v) is 6.22. The lowest BCUT2D eigenvalue weighted by molar-refractivity contribution is 0.0711. The van der Waals surface area contributed by atoms with Gasteiger partial charge in [-0.1, -0.05) is 0 Å². The van der Waals surface area contributed by atoms with Crippen molar-refractivity contribution in [1.82, 2.24) is 0 Å². The van der Waals surface area contributed by atoms with Gasteiger partial charge in [-0.2, -0.15) is 0 Å². The van der Waals surface area contributed by atoms with E-state index in [1.54, 1.807) is 15.9 Å². The second-order valence-electron chi connectivity index (χ2n) is 5.12. The molecule has 0 heterocycles. The Balaban J connectivity index is 2.73. The van der Waals surface area contributed by atoms with Crippen LogP contribution in [0.15, 0.2) is 0 Å². The molecular formula is C15BrF11O2. The number of carbonyl (C=O) groups is 2. The Hall–Kier alpha value is -2.51. The van der Waals surface area contributed by atoms with Crippen LogP contribution in [0.2, 0.25) is 0 Å². The van der Waals surface area contributed by atoms with Gasteiger partial charge in [0.05, 0.1) is 0 Å². The Morgan fingerprint density at radius 1 is 0.483 bits per heavy atom. The van der Waals surface area contributed by atoms with Crippen LogP contribution >= 0.6 is 15.9 Å². The van der Waals surface area contributed by atoms with E-state index in [1.165, 1.54) is 0 Å². The molecule has 29 heavy (non-hydrogen) atoms. The minimum atomic E-state index is -4.69. The van der Waals surface area contributed by atoms with Crippen LogP contribution < -0.4 is 0 Å². The van der Waals surface area contributed by atoms with Gasteiger partial charge in [-0.05, 0) is 15.9 Å². The van der Waals surface area contributed by atoms with Crippen LogP contribution in [0.1, 0.15) is 20.7 Å². The van der Waals surface area contributed by atoms with Crippen molar-refractivity contribution in [2.24, 2.45) is 0 Å². The quantitative estimate of drug-likeness (QED) is 0.144. The Kier molecular flexibility index (Phi) is 5.80. The number of Topliss-reactive ketones (excluding diaryl/α,β-unsaturated/α-hetero) is 2. The van der Waals surface area contributed by atoms with Crippen molar-refractivity contribution in [3.63, 3.8) is 0 Å². The van der Waals surface area contributed by atoms with Crippen molar-refractivity contribution in [2.75, 3.05) is 0 Å². The molecule has 0 aromatic heterocycles. The van der Waals surface area contributed by atoms with Gasteiger partial charge in [0.15, 0.2) is 46.5 Å². The van der Waals surface area contributed by atoms with E-state index in [9.17, 15) is 57.9 Å². The lowest BCUT2D eigenvalue weighted by atomic mass is 9.97. The summed E-state index contributed by atoms with van der Waals surface area (Å²) in [6.07, 6.45) is 0. The summed E-state index contributed by atoms with van der Waals surface area (Å²) in [5.74, 6) is -34.0. The van der Waals surface area contributed by atoms with Gasteiger partial charge in [-0.3, -0.25) is 9.59 Å². The van der Waals surface area contributed by atoms with Crippen LogP contribution in [0, 0.1) is 58.2 Å². The Labute approximate surface area is 160 Å². The van der Waals surface area contributed by atoms with Gasteiger partial charge in [0, 0.05) is 0 Å². The normalized spacial score (nSPS) is 11.7. The molecule has 0 aliphatic heterocycles. The van der Waals surface area contributed by atoms with E-state index in [0.717, 1.165) is 0 Å². The summed E-state index contributed by atoms with van der Waals surface area (Å²) in [7, 11) is 0. The van der Waals surface area contributed by atoms with Crippen molar-refractivity contribution >= 4 is 27.5 Å². The number of hydrogen-bond acceptors (Lipinski definition) is 2. The molecule has 0 aliphatic carbocycles. The van der Waals surface area contributed by atoms with Gasteiger partial charge in [-0.25, -0.2) is 48.3 Å². The summed E-state index contributed by atoms with van der Waals surface area (Å²) in [6, 6.07) is 0. The number of hydrogen-bond donors (Lipinski definition) is 0. The molecule has 2 rings (SSSR count). The van der Waals surface area contributed by atoms with E-state index in [2.05, 4.69) is 0 Å².